The molecule has 1 aromatic heterocycles. The van der Waals surface area contributed by atoms with Gasteiger partial charge in [0.25, 0.3) is 5.56 Å². The molecule has 0 aliphatic rings. The molecule has 36 heavy (non-hydrogen) atoms. The van der Waals surface area contributed by atoms with Gasteiger partial charge < -0.3 is 9.84 Å². The van der Waals surface area contributed by atoms with Gasteiger partial charge in [-0.25, -0.2) is 9.78 Å². The summed E-state index contributed by atoms with van der Waals surface area (Å²) in [6.45, 7) is 2.15. The van der Waals surface area contributed by atoms with Crippen molar-refractivity contribution >= 4 is 66.5 Å². The summed E-state index contributed by atoms with van der Waals surface area (Å²) >= 11 is 13.4. The van der Waals surface area contributed by atoms with E-state index in [1.807, 2.05) is 19.1 Å². The maximum atomic E-state index is 13.2. The standard InChI is InChI=1S/C26H20Br2ClN3O4/c1-2-4-23-31-22-8-7-18(27)12-19(22)25(33)32(23)30-13-16-10-20(28)24(21(29)11-16)36-14-15-5-3-6-17(9-15)26(34)35/h3,5-13H,2,4,14H2,1H3,(H,34,35). The van der Waals surface area contributed by atoms with Crippen LogP contribution in [0.15, 0.2) is 73.4 Å². The van der Waals surface area contributed by atoms with Crippen LogP contribution < -0.4 is 10.3 Å². The highest BCUT2D eigenvalue weighted by atomic mass is 79.9. The van der Waals surface area contributed by atoms with Crippen molar-refractivity contribution in [1.82, 2.24) is 9.66 Å². The average molecular weight is 634 g/mol. The van der Waals surface area contributed by atoms with E-state index < -0.39 is 5.97 Å². The summed E-state index contributed by atoms with van der Waals surface area (Å²) in [5.41, 5.74) is 1.90. The van der Waals surface area contributed by atoms with Crippen molar-refractivity contribution in [1.29, 1.82) is 0 Å². The SMILES string of the molecule is CCCc1nc2ccc(Br)cc2c(=O)n1N=Cc1cc(Cl)c(OCc2cccc(C(=O)O)c2)c(Br)c1. The number of hydrogen-bond acceptors (Lipinski definition) is 5. The lowest BCUT2D eigenvalue weighted by Gasteiger charge is -2.12. The van der Waals surface area contributed by atoms with Gasteiger partial charge in [-0.15, -0.1) is 0 Å². The number of aryl methyl sites for hydroxylation is 1. The molecule has 4 aromatic rings. The molecule has 7 nitrogen and oxygen atoms in total. The second-order valence-electron chi connectivity index (χ2n) is 7.91. The molecule has 0 radical (unpaired) electrons. The molecule has 1 N–H and O–H groups in total. The highest BCUT2D eigenvalue weighted by molar-refractivity contribution is 9.10. The first-order valence-corrected chi connectivity index (χ1v) is 12.9. The number of ether oxygens (including phenoxy) is 1. The van der Waals surface area contributed by atoms with Crippen LogP contribution in [0, 0.1) is 0 Å². The summed E-state index contributed by atoms with van der Waals surface area (Å²) in [6.07, 6.45) is 2.95. The summed E-state index contributed by atoms with van der Waals surface area (Å²) in [4.78, 5) is 29.0. The maximum absolute atomic E-state index is 13.2. The number of hydrogen-bond donors (Lipinski definition) is 1. The molecule has 0 unspecified atom stereocenters. The predicted molar refractivity (Wildman–Crippen MR) is 148 cm³/mol. The van der Waals surface area contributed by atoms with Crippen LogP contribution in [0.3, 0.4) is 0 Å². The van der Waals surface area contributed by atoms with Crippen LogP contribution in [0.2, 0.25) is 5.02 Å². The molecule has 0 saturated carbocycles. The normalized spacial score (nSPS) is 11.3. The lowest BCUT2D eigenvalue weighted by molar-refractivity contribution is 0.0696. The first-order valence-electron chi connectivity index (χ1n) is 11.0. The van der Waals surface area contributed by atoms with E-state index in [1.54, 1.807) is 42.6 Å². The van der Waals surface area contributed by atoms with Gasteiger partial charge in [-0.05, 0) is 75.9 Å². The van der Waals surface area contributed by atoms with Gasteiger partial charge in [-0.1, -0.05) is 46.6 Å². The first-order chi connectivity index (χ1) is 17.3. The van der Waals surface area contributed by atoms with Crippen LogP contribution in [0.4, 0.5) is 0 Å². The first kappa shape index (κ1) is 26.1. The highest BCUT2D eigenvalue weighted by Crippen LogP contribution is 2.34. The second-order valence-corrected chi connectivity index (χ2v) is 10.1. The fraction of sp³-hybridized carbons (Fsp3) is 0.154. The fourth-order valence-electron chi connectivity index (χ4n) is 3.57. The molecule has 184 valence electrons. The third-order valence-corrected chi connectivity index (χ3v) is 6.61. The summed E-state index contributed by atoms with van der Waals surface area (Å²) < 4.78 is 8.55. The number of benzene rings is 3. The molecule has 0 saturated heterocycles. The van der Waals surface area contributed by atoms with E-state index in [0.29, 0.717) is 49.5 Å². The van der Waals surface area contributed by atoms with Crippen molar-refractivity contribution in [2.45, 2.75) is 26.4 Å². The van der Waals surface area contributed by atoms with Crippen LogP contribution in [0.5, 0.6) is 5.75 Å². The Hall–Kier alpha value is -3.01. The largest absolute Gasteiger partial charge is 0.486 e. The summed E-state index contributed by atoms with van der Waals surface area (Å²) in [7, 11) is 0. The van der Waals surface area contributed by atoms with Crippen molar-refractivity contribution in [3.8, 4) is 5.75 Å². The van der Waals surface area contributed by atoms with Crippen molar-refractivity contribution in [2.75, 3.05) is 0 Å². The van der Waals surface area contributed by atoms with Gasteiger partial charge in [-0.3, -0.25) is 4.79 Å². The van der Waals surface area contributed by atoms with E-state index in [2.05, 4.69) is 41.9 Å². The highest BCUT2D eigenvalue weighted by Gasteiger charge is 2.13. The smallest absolute Gasteiger partial charge is 0.335 e. The van der Waals surface area contributed by atoms with Gasteiger partial charge in [-0.2, -0.15) is 9.78 Å². The van der Waals surface area contributed by atoms with Gasteiger partial charge in [0.15, 0.2) is 5.75 Å². The number of aromatic nitrogens is 2. The van der Waals surface area contributed by atoms with Gasteiger partial charge in [0, 0.05) is 10.9 Å². The topological polar surface area (TPSA) is 93.8 Å². The van der Waals surface area contributed by atoms with Gasteiger partial charge in [0.2, 0.25) is 0 Å². The minimum absolute atomic E-state index is 0.140. The Morgan fingerprint density at radius 1 is 1.19 bits per heavy atom. The third-order valence-electron chi connectivity index (χ3n) is 5.25. The Labute approximate surface area is 228 Å². The Bertz CT molecular complexity index is 1530. The minimum atomic E-state index is -1.00. The molecule has 0 aliphatic heterocycles. The lowest BCUT2D eigenvalue weighted by atomic mass is 10.1. The molecule has 0 bridgehead atoms. The average Bonchev–Trinajstić information content (AvgIpc) is 2.84. The zero-order chi connectivity index (χ0) is 25.8. The van der Waals surface area contributed by atoms with Crippen molar-refractivity contribution in [3.63, 3.8) is 0 Å². The van der Waals surface area contributed by atoms with E-state index in [4.69, 9.17) is 21.4 Å². The predicted octanol–water partition coefficient (Wildman–Crippen LogP) is 6.69. The Morgan fingerprint density at radius 3 is 2.72 bits per heavy atom. The number of fused-ring (bicyclic) bond motifs is 1. The maximum Gasteiger partial charge on any atom is 0.335 e. The van der Waals surface area contributed by atoms with Crippen LogP contribution in [-0.4, -0.2) is 27.0 Å². The monoisotopic (exact) mass is 631 g/mol. The van der Waals surface area contributed by atoms with E-state index in [1.165, 1.54) is 10.7 Å². The molecule has 3 aromatic carbocycles. The van der Waals surface area contributed by atoms with Crippen LogP contribution in [-0.2, 0) is 13.0 Å². The van der Waals surface area contributed by atoms with Crippen LogP contribution in [0.1, 0.15) is 40.7 Å². The number of rotatable bonds is 8. The third kappa shape index (κ3) is 5.86. The molecule has 0 aliphatic carbocycles. The number of carboxylic acid groups (broad SMARTS) is 1. The lowest BCUT2D eigenvalue weighted by Crippen LogP contribution is -2.22. The number of carbonyl (C=O) groups is 1. The van der Waals surface area contributed by atoms with Crippen molar-refractivity contribution in [3.05, 3.63) is 101 Å². The second kappa shape index (κ2) is 11.4. The zero-order valence-corrected chi connectivity index (χ0v) is 23.0. The molecule has 0 fully saturated rings. The number of halogens is 3. The minimum Gasteiger partial charge on any atom is -0.486 e. The van der Waals surface area contributed by atoms with Crippen molar-refractivity contribution in [2.24, 2.45) is 5.10 Å². The number of carboxylic acids is 1. The van der Waals surface area contributed by atoms with Crippen LogP contribution >= 0.6 is 43.5 Å². The fourth-order valence-corrected chi connectivity index (χ4v) is 4.92. The molecule has 1 heterocycles. The summed E-state index contributed by atoms with van der Waals surface area (Å²) in [6, 6.07) is 15.3. The van der Waals surface area contributed by atoms with Gasteiger partial charge in [0.05, 0.1) is 32.2 Å². The van der Waals surface area contributed by atoms with Crippen LogP contribution in [0.25, 0.3) is 10.9 Å². The number of nitrogens with zero attached hydrogens (tertiary/aromatic N) is 3. The summed E-state index contributed by atoms with van der Waals surface area (Å²) in [5, 5.41) is 14.4. The van der Waals surface area contributed by atoms with Gasteiger partial charge >= 0.3 is 5.97 Å². The van der Waals surface area contributed by atoms with E-state index in [0.717, 1.165) is 10.9 Å². The van der Waals surface area contributed by atoms with Gasteiger partial charge in [0.1, 0.15) is 12.4 Å². The number of aromatic carboxylic acids is 1. The molecule has 4 rings (SSSR count). The van der Waals surface area contributed by atoms with E-state index in [9.17, 15) is 9.59 Å². The molecule has 0 amide bonds. The van der Waals surface area contributed by atoms with E-state index in [-0.39, 0.29) is 17.7 Å². The molecular weight excluding hydrogens is 614 g/mol. The quantitative estimate of drug-likeness (QED) is 0.218. The zero-order valence-electron chi connectivity index (χ0n) is 19.0. The van der Waals surface area contributed by atoms with Crippen molar-refractivity contribution < 1.29 is 14.6 Å². The molecule has 0 atom stereocenters. The molecular formula is C26H20Br2ClN3O4. The Morgan fingerprint density at radius 2 is 2.00 bits per heavy atom. The molecule has 0 spiro atoms. The molecule has 10 heteroatoms. The Kier molecular flexibility index (Phi) is 8.23. The Balaban J connectivity index is 1.62. The van der Waals surface area contributed by atoms with E-state index >= 15 is 0 Å². The summed E-state index contributed by atoms with van der Waals surface area (Å²) in [5.74, 6) is -0.0203.